The summed E-state index contributed by atoms with van der Waals surface area (Å²) in [7, 11) is 0. The standard InChI is InChI=1S/C22H23N3O/c1-17(26)25-13-12-24(21-4-2-3-5-22(21)25)16-19-9-6-18(7-10-19)8-11-20-14-23-15-20/h2-7,9-10,20,23H,12-16H2,1H3. The van der Waals surface area contributed by atoms with E-state index in [0.29, 0.717) is 5.92 Å². The van der Waals surface area contributed by atoms with E-state index < -0.39 is 0 Å². The zero-order valence-electron chi connectivity index (χ0n) is 15.0. The van der Waals surface area contributed by atoms with Gasteiger partial charge in [-0.05, 0) is 29.8 Å². The van der Waals surface area contributed by atoms with Crippen LogP contribution in [-0.4, -0.2) is 32.1 Å². The Hall–Kier alpha value is -2.77. The molecule has 0 bridgehead atoms. The highest BCUT2D eigenvalue weighted by molar-refractivity contribution is 5.96. The predicted octanol–water partition coefficient (Wildman–Crippen LogP) is 2.63. The van der Waals surface area contributed by atoms with Gasteiger partial charge >= 0.3 is 0 Å². The van der Waals surface area contributed by atoms with Gasteiger partial charge in [0.1, 0.15) is 0 Å². The number of benzene rings is 2. The molecule has 0 unspecified atom stereocenters. The first-order valence-corrected chi connectivity index (χ1v) is 9.14. The fraction of sp³-hybridized carbons (Fsp3) is 0.318. The fourth-order valence-electron chi connectivity index (χ4n) is 3.40. The van der Waals surface area contributed by atoms with E-state index in [1.54, 1.807) is 6.92 Å². The third-order valence-corrected chi connectivity index (χ3v) is 5.02. The van der Waals surface area contributed by atoms with E-state index in [2.05, 4.69) is 52.4 Å². The van der Waals surface area contributed by atoms with Crippen molar-refractivity contribution in [3.05, 3.63) is 59.7 Å². The SMILES string of the molecule is CC(=O)N1CCN(Cc2ccc(C#CC3CNC3)cc2)c2ccccc21. The summed E-state index contributed by atoms with van der Waals surface area (Å²) in [6.45, 7) is 6.06. The van der Waals surface area contributed by atoms with Crippen LogP contribution >= 0.6 is 0 Å². The number of fused-ring (bicyclic) bond motifs is 1. The minimum absolute atomic E-state index is 0.0988. The average Bonchev–Trinajstić information content (AvgIpc) is 2.62. The Morgan fingerprint density at radius 3 is 2.46 bits per heavy atom. The molecular weight excluding hydrogens is 322 g/mol. The lowest BCUT2D eigenvalue weighted by Crippen LogP contribution is -2.42. The lowest BCUT2D eigenvalue weighted by atomic mass is 10.0. The largest absolute Gasteiger partial charge is 0.364 e. The zero-order valence-corrected chi connectivity index (χ0v) is 15.0. The summed E-state index contributed by atoms with van der Waals surface area (Å²) in [5, 5.41) is 3.24. The Morgan fingerprint density at radius 1 is 1.08 bits per heavy atom. The molecule has 4 nitrogen and oxygen atoms in total. The molecule has 26 heavy (non-hydrogen) atoms. The summed E-state index contributed by atoms with van der Waals surface area (Å²) >= 11 is 0. The van der Waals surface area contributed by atoms with Crippen LogP contribution in [0.4, 0.5) is 11.4 Å². The molecule has 2 aromatic rings. The summed E-state index contributed by atoms with van der Waals surface area (Å²) in [6, 6.07) is 16.7. The van der Waals surface area contributed by atoms with Gasteiger partial charge in [-0.25, -0.2) is 0 Å². The zero-order chi connectivity index (χ0) is 17.9. The van der Waals surface area contributed by atoms with Crippen molar-refractivity contribution in [2.45, 2.75) is 13.5 Å². The van der Waals surface area contributed by atoms with E-state index in [0.717, 1.165) is 49.7 Å². The number of anilines is 2. The molecule has 1 N–H and O–H groups in total. The van der Waals surface area contributed by atoms with Crippen LogP contribution in [0.5, 0.6) is 0 Å². The first-order chi connectivity index (χ1) is 12.7. The maximum absolute atomic E-state index is 11.9. The summed E-state index contributed by atoms with van der Waals surface area (Å²) in [5.74, 6) is 7.17. The molecule has 1 saturated heterocycles. The number of nitrogens with one attached hydrogen (secondary N) is 1. The summed E-state index contributed by atoms with van der Waals surface area (Å²) < 4.78 is 0. The van der Waals surface area contributed by atoms with Crippen LogP contribution in [0, 0.1) is 17.8 Å². The van der Waals surface area contributed by atoms with Crippen LogP contribution in [0.25, 0.3) is 0 Å². The maximum Gasteiger partial charge on any atom is 0.223 e. The van der Waals surface area contributed by atoms with Crippen molar-refractivity contribution >= 4 is 17.3 Å². The minimum atomic E-state index is 0.0988. The molecule has 1 amide bonds. The van der Waals surface area contributed by atoms with Crippen LogP contribution in [0.2, 0.25) is 0 Å². The van der Waals surface area contributed by atoms with E-state index in [9.17, 15) is 4.79 Å². The number of hydrogen-bond donors (Lipinski definition) is 1. The second kappa shape index (κ2) is 7.23. The van der Waals surface area contributed by atoms with Gasteiger partial charge in [-0.1, -0.05) is 36.1 Å². The Balaban J connectivity index is 1.49. The Labute approximate surface area is 154 Å². The first-order valence-electron chi connectivity index (χ1n) is 9.14. The molecular formula is C22H23N3O. The smallest absolute Gasteiger partial charge is 0.223 e. The number of carbonyl (C=O) groups excluding carboxylic acids is 1. The van der Waals surface area contributed by atoms with E-state index >= 15 is 0 Å². The van der Waals surface area contributed by atoms with Crippen LogP contribution < -0.4 is 15.1 Å². The molecule has 4 heteroatoms. The Morgan fingerprint density at radius 2 is 1.81 bits per heavy atom. The molecule has 4 rings (SSSR count). The second-order valence-electron chi connectivity index (χ2n) is 6.90. The lowest BCUT2D eigenvalue weighted by Gasteiger charge is -2.37. The molecule has 0 radical (unpaired) electrons. The lowest BCUT2D eigenvalue weighted by molar-refractivity contribution is -0.116. The average molecular weight is 345 g/mol. The highest BCUT2D eigenvalue weighted by Crippen LogP contribution is 2.33. The second-order valence-corrected chi connectivity index (χ2v) is 6.90. The monoisotopic (exact) mass is 345 g/mol. The van der Waals surface area contributed by atoms with Gasteiger partial charge in [0.2, 0.25) is 5.91 Å². The molecule has 1 fully saturated rings. The van der Waals surface area contributed by atoms with E-state index in [4.69, 9.17) is 0 Å². The van der Waals surface area contributed by atoms with Gasteiger partial charge < -0.3 is 15.1 Å². The molecule has 0 aromatic heterocycles. The van der Waals surface area contributed by atoms with Crippen LogP contribution in [0.1, 0.15) is 18.1 Å². The third kappa shape index (κ3) is 3.44. The van der Waals surface area contributed by atoms with Crippen molar-refractivity contribution in [3.63, 3.8) is 0 Å². The van der Waals surface area contributed by atoms with Crippen LogP contribution in [-0.2, 0) is 11.3 Å². The number of hydrogen-bond acceptors (Lipinski definition) is 3. The minimum Gasteiger partial charge on any atom is -0.364 e. The van der Waals surface area contributed by atoms with Gasteiger partial charge in [0.05, 0.1) is 11.4 Å². The highest BCUT2D eigenvalue weighted by atomic mass is 16.2. The predicted molar refractivity (Wildman–Crippen MR) is 105 cm³/mol. The van der Waals surface area contributed by atoms with E-state index in [1.165, 1.54) is 5.56 Å². The van der Waals surface area contributed by atoms with E-state index in [1.807, 2.05) is 23.1 Å². The van der Waals surface area contributed by atoms with Gasteiger partial charge in [0.15, 0.2) is 0 Å². The van der Waals surface area contributed by atoms with Gasteiger partial charge in [-0.2, -0.15) is 0 Å². The molecule has 0 saturated carbocycles. The van der Waals surface area contributed by atoms with Crippen LogP contribution in [0.3, 0.4) is 0 Å². The number of para-hydroxylation sites is 2. The number of carbonyl (C=O) groups is 1. The van der Waals surface area contributed by atoms with Crippen molar-refractivity contribution in [1.82, 2.24) is 5.32 Å². The van der Waals surface area contributed by atoms with Crippen LogP contribution in [0.15, 0.2) is 48.5 Å². The maximum atomic E-state index is 11.9. The summed E-state index contributed by atoms with van der Waals surface area (Å²) in [6.07, 6.45) is 0. The van der Waals surface area contributed by atoms with Gasteiger partial charge in [0.25, 0.3) is 0 Å². The normalized spacial score (nSPS) is 16.3. The van der Waals surface area contributed by atoms with Crippen molar-refractivity contribution in [2.75, 3.05) is 36.0 Å². The highest BCUT2D eigenvalue weighted by Gasteiger charge is 2.24. The number of nitrogens with zero attached hydrogens (tertiary/aromatic N) is 2. The summed E-state index contributed by atoms with van der Waals surface area (Å²) in [4.78, 5) is 16.1. The van der Waals surface area contributed by atoms with Crippen molar-refractivity contribution in [3.8, 4) is 11.8 Å². The molecule has 2 aromatic carbocycles. The Bertz CT molecular complexity index is 859. The first kappa shape index (κ1) is 16.7. The number of amides is 1. The molecule has 0 aliphatic carbocycles. The summed E-state index contributed by atoms with van der Waals surface area (Å²) in [5.41, 5.74) is 4.45. The van der Waals surface area contributed by atoms with Crippen molar-refractivity contribution in [2.24, 2.45) is 5.92 Å². The Kier molecular flexibility index (Phi) is 4.64. The topological polar surface area (TPSA) is 35.6 Å². The van der Waals surface area contributed by atoms with Gasteiger partial charge in [-0.15, -0.1) is 0 Å². The molecule has 2 aliphatic rings. The molecule has 0 spiro atoms. The quantitative estimate of drug-likeness (QED) is 0.850. The molecule has 132 valence electrons. The molecule has 2 aliphatic heterocycles. The van der Waals surface area contributed by atoms with E-state index in [-0.39, 0.29) is 5.91 Å². The third-order valence-electron chi connectivity index (χ3n) is 5.02. The van der Waals surface area contributed by atoms with Crippen molar-refractivity contribution in [1.29, 1.82) is 0 Å². The van der Waals surface area contributed by atoms with Crippen molar-refractivity contribution < 1.29 is 4.79 Å². The molecule has 0 atom stereocenters. The fourth-order valence-corrected chi connectivity index (χ4v) is 3.40. The van der Waals surface area contributed by atoms with Gasteiger partial charge in [0, 0.05) is 51.1 Å². The molecule has 2 heterocycles. The van der Waals surface area contributed by atoms with Gasteiger partial charge in [-0.3, -0.25) is 4.79 Å². The number of rotatable bonds is 2.